The number of unbranched alkanes of at least 4 members (excludes halogenated alkanes) is 1. The molecule has 0 saturated carbocycles. The van der Waals surface area contributed by atoms with Crippen LogP contribution >= 0.6 is 23.2 Å². The third-order valence-electron chi connectivity index (χ3n) is 5.54. The average Bonchev–Trinajstić information content (AvgIpc) is 2.86. The lowest BCUT2D eigenvalue weighted by atomic mass is 10.1. The van der Waals surface area contributed by atoms with Crippen molar-refractivity contribution >= 4 is 51.9 Å². The molecule has 2 aromatic carbocycles. The summed E-state index contributed by atoms with van der Waals surface area (Å²) in [7, 11) is 1.63. The number of benzene rings is 2. The number of nitrogens with zero attached hydrogens (tertiary/aromatic N) is 2. The van der Waals surface area contributed by atoms with Gasteiger partial charge in [0.1, 0.15) is 12.4 Å². The molecule has 0 spiro atoms. The predicted octanol–water partition coefficient (Wildman–Crippen LogP) is 5.46. The van der Waals surface area contributed by atoms with Crippen LogP contribution in [0.1, 0.15) is 24.8 Å². The number of likely N-dealkylation sites (N-methyl/N-ethyl adjacent to an activating group) is 1. The quantitative estimate of drug-likeness (QED) is 0.309. The van der Waals surface area contributed by atoms with Crippen LogP contribution < -0.4 is 10.6 Å². The highest BCUT2D eigenvalue weighted by atomic mass is 35.5. The highest BCUT2D eigenvalue weighted by molar-refractivity contribution is 6.42. The van der Waals surface area contributed by atoms with E-state index in [1.54, 1.807) is 37.5 Å². The Balaban J connectivity index is 1.57. The summed E-state index contributed by atoms with van der Waals surface area (Å²) in [4.78, 5) is 30.9. The van der Waals surface area contributed by atoms with Gasteiger partial charge in [0.05, 0.1) is 16.1 Å². The molecule has 0 unspecified atom stereocenters. The Kier molecular flexibility index (Phi) is 9.96. The molecular formula is C25H28Cl2N4O4. The SMILES string of the molecule is CN(C(=O)NCc1cccc(Cl)c1Cl)[C@@H](CCCCO)COC(=O)Nc1cc2ccccc2cn1. The van der Waals surface area contributed by atoms with Crippen LogP contribution in [-0.4, -0.2) is 53.4 Å². The molecule has 3 N–H and O–H groups in total. The number of hydrogen-bond donors (Lipinski definition) is 3. The third kappa shape index (κ3) is 7.71. The number of carbonyl (C=O) groups is 2. The number of aliphatic hydroxyl groups is 1. The highest BCUT2D eigenvalue weighted by Gasteiger charge is 2.22. The fourth-order valence-electron chi connectivity index (χ4n) is 3.49. The number of pyridine rings is 1. The number of hydrogen-bond acceptors (Lipinski definition) is 5. The van der Waals surface area contributed by atoms with E-state index in [0.29, 0.717) is 40.7 Å². The Morgan fingerprint density at radius 3 is 2.66 bits per heavy atom. The lowest BCUT2D eigenvalue weighted by Gasteiger charge is -2.28. The number of halogens is 2. The van der Waals surface area contributed by atoms with Crippen LogP contribution in [0.25, 0.3) is 10.8 Å². The number of nitrogens with one attached hydrogen (secondary N) is 2. The molecule has 0 aliphatic rings. The van der Waals surface area contributed by atoms with Gasteiger partial charge in [-0.1, -0.05) is 59.6 Å². The molecular weight excluding hydrogens is 491 g/mol. The molecule has 0 radical (unpaired) electrons. The molecule has 3 amide bonds. The summed E-state index contributed by atoms with van der Waals surface area (Å²) in [5.41, 5.74) is 0.691. The third-order valence-corrected chi connectivity index (χ3v) is 6.40. The second-order valence-electron chi connectivity index (χ2n) is 8.00. The van der Waals surface area contributed by atoms with Crippen molar-refractivity contribution in [2.45, 2.75) is 31.8 Å². The first-order chi connectivity index (χ1) is 16.9. The van der Waals surface area contributed by atoms with E-state index in [4.69, 9.17) is 33.0 Å². The number of amides is 3. The molecule has 10 heteroatoms. The van der Waals surface area contributed by atoms with Crippen molar-refractivity contribution in [2.24, 2.45) is 0 Å². The smallest absolute Gasteiger partial charge is 0.412 e. The molecule has 0 bridgehead atoms. The number of carbonyl (C=O) groups excluding carboxylic acids is 2. The van der Waals surface area contributed by atoms with Gasteiger partial charge in [-0.3, -0.25) is 5.32 Å². The van der Waals surface area contributed by atoms with Gasteiger partial charge in [0, 0.05) is 31.8 Å². The van der Waals surface area contributed by atoms with E-state index >= 15 is 0 Å². The van der Waals surface area contributed by atoms with Crippen LogP contribution in [0.15, 0.2) is 54.7 Å². The molecule has 3 rings (SSSR count). The minimum Gasteiger partial charge on any atom is -0.447 e. The summed E-state index contributed by atoms with van der Waals surface area (Å²) in [6.45, 7) is 0.221. The highest BCUT2D eigenvalue weighted by Crippen LogP contribution is 2.25. The fraction of sp³-hybridized carbons (Fsp3) is 0.320. The maximum absolute atomic E-state index is 12.8. The van der Waals surface area contributed by atoms with Gasteiger partial charge in [-0.25, -0.2) is 14.6 Å². The molecule has 0 fully saturated rings. The van der Waals surface area contributed by atoms with Gasteiger partial charge < -0.3 is 20.1 Å². The van der Waals surface area contributed by atoms with Crippen molar-refractivity contribution in [1.29, 1.82) is 0 Å². The van der Waals surface area contributed by atoms with Gasteiger partial charge in [0.15, 0.2) is 0 Å². The summed E-state index contributed by atoms with van der Waals surface area (Å²) < 4.78 is 5.41. The number of ether oxygens (including phenoxy) is 1. The molecule has 3 aromatic rings. The van der Waals surface area contributed by atoms with Gasteiger partial charge >= 0.3 is 12.1 Å². The van der Waals surface area contributed by atoms with Crippen LogP contribution in [0, 0.1) is 0 Å². The van der Waals surface area contributed by atoms with Crippen molar-refractivity contribution in [3.63, 3.8) is 0 Å². The van der Waals surface area contributed by atoms with E-state index in [-0.39, 0.29) is 25.8 Å². The molecule has 0 aliphatic heterocycles. The summed E-state index contributed by atoms with van der Waals surface area (Å²) in [5, 5.41) is 17.3. The number of rotatable bonds is 10. The zero-order chi connectivity index (χ0) is 25.2. The lowest BCUT2D eigenvalue weighted by molar-refractivity contribution is 0.112. The van der Waals surface area contributed by atoms with E-state index in [2.05, 4.69) is 15.6 Å². The van der Waals surface area contributed by atoms with Gasteiger partial charge in [-0.05, 0) is 42.3 Å². The standard InChI is InChI=1S/C25H28Cl2N4O4/c1-31(24(33)29-15-19-9-6-11-21(26)23(19)27)20(10-4-5-12-32)16-35-25(34)30-22-13-17-7-2-3-8-18(17)14-28-22/h2-3,6-9,11,13-14,20,32H,4-5,10,12,15-16H2,1H3,(H,29,33)(H,28,30,34)/t20-/m0/s1. The zero-order valence-corrected chi connectivity index (χ0v) is 20.9. The normalized spacial score (nSPS) is 11.7. The maximum atomic E-state index is 12.8. The number of urea groups is 1. The number of anilines is 1. The molecule has 8 nitrogen and oxygen atoms in total. The fourth-order valence-corrected chi connectivity index (χ4v) is 3.88. The van der Waals surface area contributed by atoms with Gasteiger partial charge in [0.2, 0.25) is 0 Å². The minimum absolute atomic E-state index is 0.0211. The average molecular weight is 519 g/mol. The second-order valence-corrected chi connectivity index (χ2v) is 8.78. The molecule has 0 aliphatic carbocycles. The van der Waals surface area contributed by atoms with Crippen molar-refractivity contribution in [2.75, 3.05) is 25.6 Å². The largest absolute Gasteiger partial charge is 0.447 e. The molecule has 1 heterocycles. The van der Waals surface area contributed by atoms with E-state index in [1.807, 2.05) is 24.3 Å². The summed E-state index contributed by atoms with van der Waals surface area (Å²) >= 11 is 12.2. The first kappa shape index (κ1) is 26.5. The van der Waals surface area contributed by atoms with Gasteiger partial charge in [0.25, 0.3) is 0 Å². The van der Waals surface area contributed by atoms with Crippen LogP contribution in [0.4, 0.5) is 15.4 Å². The van der Waals surface area contributed by atoms with E-state index in [1.165, 1.54) is 4.90 Å². The van der Waals surface area contributed by atoms with Crippen LogP contribution in [-0.2, 0) is 11.3 Å². The molecule has 1 atom stereocenters. The topological polar surface area (TPSA) is 104 Å². The van der Waals surface area contributed by atoms with Crippen molar-refractivity contribution in [3.05, 3.63) is 70.3 Å². The molecule has 35 heavy (non-hydrogen) atoms. The first-order valence-electron chi connectivity index (χ1n) is 11.2. The van der Waals surface area contributed by atoms with E-state index in [0.717, 1.165) is 10.8 Å². The Bertz CT molecular complexity index is 1160. The van der Waals surface area contributed by atoms with Crippen molar-refractivity contribution < 1.29 is 19.4 Å². The van der Waals surface area contributed by atoms with E-state index in [9.17, 15) is 9.59 Å². The number of aliphatic hydroxyl groups excluding tert-OH is 1. The van der Waals surface area contributed by atoms with Crippen molar-refractivity contribution in [3.8, 4) is 0 Å². The first-order valence-corrected chi connectivity index (χ1v) is 12.0. The summed E-state index contributed by atoms with van der Waals surface area (Å²) in [5.74, 6) is 0.370. The summed E-state index contributed by atoms with van der Waals surface area (Å²) in [6, 6.07) is 13.9. The van der Waals surface area contributed by atoms with Crippen LogP contribution in [0.3, 0.4) is 0 Å². The minimum atomic E-state index is -0.667. The van der Waals surface area contributed by atoms with E-state index < -0.39 is 12.1 Å². The number of fused-ring (bicyclic) bond motifs is 1. The van der Waals surface area contributed by atoms with Gasteiger partial charge in [-0.15, -0.1) is 0 Å². The monoisotopic (exact) mass is 518 g/mol. The lowest BCUT2D eigenvalue weighted by Crippen LogP contribution is -2.46. The Hall–Kier alpha value is -3.07. The molecule has 0 saturated heterocycles. The predicted molar refractivity (Wildman–Crippen MR) is 138 cm³/mol. The van der Waals surface area contributed by atoms with Gasteiger partial charge in [-0.2, -0.15) is 0 Å². The van der Waals surface area contributed by atoms with Crippen LogP contribution in [0.2, 0.25) is 10.0 Å². The Labute approximate surface area is 214 Å². The van der Waals surface area contributed by atoms with Crippen molar-refractivity contribution in [1.82, 2.24) is 15.2 Å². The second kappa shape index (κ2) is 13.1. The zero-order valence-electron chi connectivity index (χ0n) is 19.3. The van der Waals surface area contributed by atoms with Crippen LogP contribution in [0.5, 0.6) is 0 Å². The Morgan fingerprint density at radius 2 is 1.89 bits per heavy atom. The molecule has 186 valence electrons. The molecule has 1 aromatic heterocycles. The summed E-state index contributed by atoms with van der Waals surface area (Å²) in [6.07, 6.45) is 2.80. The maximum Gasteiger partial charge on any atom is 0.412 e. The Morgan fingerprint density at radius 1 is 1.11 bits per heavy atom. The number of aromatic nitrogens is 1.